The summed E-state index contributed by atoms with van der Waals surface area (Å²) in [6.45, 7) is 3.66. The van der Waals surface area contributed by atoms with Crippen LogP contribution in [-0.4, -0.2) is 11.1 Å². The van der Waals surface area contributed by atoms with Crippen LogP contribution in [0.5, 0.6) is 0 Å². The fraction of sp³-hybridized carbons (Fsp3) is 0.231. The van der Waals surface area contributed by atoms with Gasteiger partial charge in [0.05, 0.1) is 12.2 Å². The SMILES string of the molecule is Cc1oncc1C(=O)NC(C)c1ccccc1. The van der Waals surface area contributed by atoms with Gasteiger partial charge in [-0.15, -0.1) is 0 Å². The van der Waals surface area contributed by atoms with Crippen molar-refractivity contribution in [2.24, 2.45) is 0 Å². The molecule has 0 spiro atoms. The maximum Gasteiger partial charge on any atom is 0.256 e. The lowest BCUT2D eigenvalue weighted by Gasteiger charge is -2.13. The van der Waals surface area contributed by atoms with E-state index in [1.165, 1.54) is 6.20 Å². The summed E-state index contributed by atoms with van der Waals surface area (Å²) in [6.07, 6.45) is 1.43. The highest BCUT2D eigenvalue weighted by molar-refractivity contribution is 5.94. The van der Waals surface area contributed by atoms with E-state index >= 15 is 0 Å². The van der Waals surface area contributed by atoms with Crippen LogP contribution in [-0.2, 0) is 0 Å². The van der Waals surface area contributed by atoms with Crippen LogP contribution in [0.3, 0.4) is 0 Å². The van der Waals surface area contributed by atoms with Crippen molar-refractivity contribution in [2.75, 3.05) is 0 Å². The van der Waals surface area contributed by atoms with Crippen LogP contribution in [0.4, 0.5) is 0 Å². The first-order valence-corrected chi connectivity index (χ1v) is 5.45. The highest BCUT2D eigenvalue weighted by atomic mass is 16.5. The molecular formula is C13H14N2O2. The number of hydrogen-bond donors (Lipinski definition) is 1. The standard InChI is InChI=1S/C13H14N2O2/c1-9(11-6-4-3-5-7-11)15-13(16)12-8-14-17-10(12)2/h3-9H,1-2H3,(H,15,16). The smallest absolute Gasteiger partial charge is 0.256 e. The van der Waals surface area contributed by atoms with Crippen LogP contribution < -0.4 is 5.32 Å². The number of carbonyl (C=O) groups is 1. The second kappa shape index (κ2) is 4.82. The molecule has 1 atom stereocenters. The highest BCUT2D eigenvalue weighted by Crippen LogP contribution is 2.13. The summed E-state index contributed by atoms with van der Waals surface area (Å²) in [6, 6.07) is 9.75. The number of hydrogen-bond acceptors (Lipinski definition) is 3. The third-order valence-electron chi connectivity index (χ3n) is 2.64. The molecule has 17 heavy (non-hydrogen) atoms. The summed E-state index contributed by atoms with van der Waals surface area (Å²) in [4.78, 5) is 11.9. The predicted octanol–water partition coefficient (Wildman–Crippen LogP) is 2.47. The van der Waals surface area contributed by atoms with E-state index in [9.17, 15) is 4.79 Å². The third-order valence-corrected chi connectivity index (χ3v) is 2.64. The van der Waals surface area contributed by atoms with Crippen LogP contribution in [0.15, 0.2) is 41.1 Å². The van der Waals surface area contributed by atoms with E-state index in [1.807, 2.05) is 37.3 Å². The zero-order chi connectivity index (χ0) is 12.3. The van der Waals surface area contributed by atoms with Crippen LogP contribution in [0.1, 0.15) is 34.6 Å². The summed E-state index contributed by atoms with van der Waals surface area (Å²) in [5, 5.41) is 6.49. The molecule has 0 aliphatic carbocycles. The van der Waals surface area contributed by atoms with E-state index in [-0.39, 0.29) is 11.9 Å². The van der Waals surface area contributed by atoms with Crippen molar-refractivity contribution in [2.45, 2.75) is 19.9 Å². The molecule has 4 heteroatoms. The number of carbonyl (C=O) groups excluding carboxylic acids is 1. The molecule has 2 aromatic rings. The molecule has 0 bridgehead atoms. The third kappa shape index (κ3) is 2.53. The number of aromatic nitrogens is 1. The van der Waals surface area contributed by atoms with E-state index in [1.54, 1.807) is 6.92 Å². The molecule has 88 valence electrons. The average molecular weight is 230 g/mol. The van der Waals surface area contributed by atoms with Gasteiger partial charge in [-0.05, 0) is 19.4 Å². The minimum absolute atomic E-state index is 0.0435. The van der Waals surface area contributed by atoms with Gasteiger partial charge in [-0.2, -0.15) is 0 Å². The Kier molecular flexibility index (Phi) is 3.23. The minimum atomic E-state index is -0.167. The normalized spacial score (nSPS) is 12.1. The highest BCUT2D eigenvalue weighted by Gasteiger charge is 2.15. The quantitative estimate of drug-likeness (QED) is 0.881. The van der Waals surface area contributed by atoms with Crippen LogP contribution in [0, 0.1) is 6.92 Å². The molecule has 0 fully saturated rings. The summed E-state index contributed by atoms with van der Waals surface area (Å²) in [5.74, 6) is 0.364. The molecule has 1 N–H and O–H groups in total. The van der Waals surface area contributed by atoms with Crippen molar-refractivity contribution in [3.8, 4) is 0 Å². The monoisotopic (exact) mass is 230 g/mol. The summed E-state index contributed by atoms with van der Waals surface area (Å²) in [5.41, 5.74) is 1.54. The predicted molar refractivity (Wildman–Crippen MR) is 63.6 cm³/mol. The summed E-state index contributed by atoms with van der Waals surface area (Å²) < 4.78 is 4.86. The number of rotatable bonds is 3. The summed E-state index contributed by atoms with van der Waals surface area (Å²) >= 11 is 0. The Hall–Kier alpha value is -2.10. The maximum absolute atomic E-state index is 11.9. The van der Waals surface area contributed by atoms with Gasteiger partial charge in [0.15, 0.2) is 0 Å². The van der Waals surface area contributed by atoms with E-state index in [0.29, 0.717) is 11.3 Å². The van der Waals surface area contributed by atoms with Gasteiger partial charge >= 0.3 is 0 Å². The van der Waals surface area contributed by atoms with Gasteiger partial charge in [0.1, 0.15) is 11.3 Å². The molecule has 2 rings (SSSR count). The average Bonchev–Trinajstić information content (AvgIpc) is 2.76. The Morgan fingerprint density at radius 3 is 2.65 bits per heavy atom. The van der Waals surface area contributed by atoms with Gasteiger partial charge in [0, 0.05) is 0 Å². The molecular weight excluding hydrogens is 216 g/mol. The first kappa shape index (κ1) is 11.4. The van der Waals surface area contributed by atoms with Gasteiger partial charge in [-0.3, -0.25) is 4.79 Å². The Morgan fingerprint density at radius 2 is 2.06 bits per heavy atom. The number of benzene rings is 1. The van der Waals surface area contributed by atoms with Gasteiger partial charge < -0.3 is 9.84 Å². The number of amides is 1. The lowest BCUT2D eigenvalue weighted by molar-refractivity contribution is 0.0938. The molecule has 0 radical (unpaired) electrons. The Bertz CT molecular complexity index is 505. The van der Waals surface area contributed by atoms with Crippen molar-refractivity contribution < 1.29 is 9.32 Å². The van der Waals surface area contributed by atoms with E-state index < -0.39 is 0 Å². The number of aryl methyl sites for hydroxylation is 1. The van der Waals surface area contributed by atoms with Crippen molar-refractivity contribution in [1.82, 2.24) is 10.5 Å². The topological polar surface area (TPSA) is 55.1 Å². The molecule has 1 aromatic heterocycles. The lowest BCUT2D eigenvalue weighted by atomic mass is 10.1. The molecule has 0 aliphatic rings. The lowest BCUT2D eigenvalue weighted by Crippen LogP contribution is -2.26. The van der Waals surface area contributed by atoms with Crippen molar-refractivity contribution in [1.29, 1.82) is 0 Å². The first-order valence-electron chi connectivity index (χ1n) is 5.45. The van der Waals surface area contributed by atoms with Gasteiger partial charge in [0.25, 0.3) is 5.91 Å². The Balaban J connectivity index is 2.08. The molecule has 0 saturated heterocycles. The van der Waals surface area contributed by atoms with Crippen LogP contribution in [0.2, 0.25) is 0 Å². The minimum Gasteiger partial charge on any atom is -0.361 e. The van der Waals surface area contributed by atoms with E-state index in [4.69, 9.17) is 4.52 Å². The maximum atomic E-state index is 11.9. The van der Waals surface area contributed by atoms with Crippen molar-refractivity contribution in [3.63, 3.8) is 0 Å². The molecule has 1 heterocycles. The number of nitrogens with one attached hydrogen (secondary N) is 1. The van der Waals surface area contributed by atoms with Gasteiger partial charge in [-0.25, -0.2) is 0 Å². The molecule has 4 nitrogen and oxygen atoms in total. The first-order chi connectivity index (χ1) is 8.18. The second-order valence-electron chi connectivity index (χ2n) is 3.90. The largest absolute Gasteiger partial charge is 0.361 e. The zero-order valence-corrected chi connectivity index (χ0v) is 9.81. The molecule has 1 unspecified atom stereocenters. The Labute approximate surface area is 99.6 Å². The van der Waals surface area contributed by atoms with E-state index in [0.717, 1.165) is 5.56 Å². The fourth-order valence-electron chi connectivity index (χ4n) is 1.62. The summed E-state index contributed by atoms with van der Waals surface area (Å²) in [7, 11) is 0. The van der Waals surface area contributed by atoms with E-state index in [2.05, 4.69) is 10.5 Å². The van der Waals surface area contributed by atoms with Gasteiger partial charge in [-0.1, -0.05) is 35.5 Å². The molecule has 0 saturated carbocycles. The van der Waals surface area contributed by atoms with Crippen molar-refractivity contribution in [3.05, 3.63) is 53.4 Å². The molecule has 1 aromatic carbocycles. The molecule has 0 aliphatic heterocycles. The van der Waals surface area contributed by atoms with Gasteiger partial charge in [0.2, 0.25) is 0 Å². The second-order valence-corrected chi connectivity index (χ2v) is 3.90. The van der Waals surface area contributed by atoms with Crippen molar-refractivity contribution >= 4 is 5.91 Å². The van der Waals surface area contributed by atoms with Crippen LogP contribution >= 0.6 is 0 Å². The van der Waals surface area contributed by atoms with Crippen LogP contribution in [0.25, 0.3) is 0 Å². The fourth-order valence-corrected chi connectivity index (χ4v) is 1.62. The molecule has 1 amide bonds. The number of nitrogens with zero attached hydrogens (tertiary/aromatic N) is 1. The Morgan fingerprint density at radius 1 is 1.35 bits per heavy atom. The zero-order valence-electron chi connectivity index (χ0n) is 9.81.